The Bertz CT molecular complexity index is 1630. The topological polar surface area (TPSA) is 108 Å². The SMILES string of the molecule is COc1c(C(=O)O)cnn1-c1cccc(-c2cccc(C)c2OCc2cc(C)c3c(c2)CCN(CC2COCCO2)C3)n1. The Morgan fingerprint density at radius 3 is 2.77 bits per heavy atom. The Morgan fingerprint density at radius 1 is 1.12 bits per heavy atom. The van der Waals surface area contributed by atoms with Crippen LogP contribution in [0.1, 0.15) is 38.2 Å². The molecule has 224 valence electrons. The van der Waals surface area contributed by atoms with Crippen molar-refractivity contribution in [3.63, 3.8) is 0 Å². The van der Waals surface area contributed by atoms with Crippen molar-refractivity contribution in [1.82, 2.24) is 19.7 Å². The molecule has 2 aromatic carbocycles. The third-order valence-electron chi connectivity index (χ3n) is 8.02. The molecule has 43 heavy (non-hydrogen) atoms. The lowest BCUT2D eigenvalue weighted by Gasteiger charge is -2.34. The summed E-state index contributed by atoms with van der Waals surface area (Å²) >= 11 is 0. The first-order valence-electron chi connectivity index (χ1n) is 14.5. The molecule has 1 N–H and O–H groups in total. The molecule has 1 atom stereocenters. The lowest BCUT2D eigenvalue weighted by atomic mass is 9.93. The predicted molar refractivity (Wildman–Crippen MR) is 160 cm³/mol. The van der Waals surface area contributed by atoms with Gasteiger partial charge in [-0.25, -0.2) is 9.78 Å². The van der Waals surface area contributed by atoms with Crippen LogP contribution in [-0.2, 0) is 29.0 Å². The van der Waals surface area contributed by atoms with Gasteiger partial charge in [0.05, 0.1) is 44.9 Å². The molecule has 6 rings (SSSR count). The Morgan fingerprint density at radius 2 is 1.98 bits per heavy atom. The molecular formula is C33H36N4O6. The number of hydrogen-bond donors (Lipinski definition) is 1. The van der Waals surface area contributed by atoms with Gasteiger partial charge in [-0.15, -0.1) is 0 Å². The number of carboxylic acids is 1. The van der Waals surface area contributed by atoms with Crippen LogP contribution in [0.5, 0.6) is 11.6 Å². The van der Waals surface area contributed by atoms with Crippen LogP contribution in [0.15, 0.2) is 54.7 Å². The third-order valence-corrected chi connectivity index (χ3v) is 8.02. The fourth-order valence-electron chi connectivity index (χ4n) is 5.91. The maximum atomic E-state index is 11.6. The van der Waals surface area contributed by atoms with Gasteiger partial charge in [0, 0.05) is 25.2 Å². The number of aryl methyl sites for hydroxylation is 2. The van der Waals surface area contributed by atoms with Gasteiger partial charge in [-0.1, -0.05) is 30.3 Å². The normalized spacial score (nSPS) is 17.0. The zero-order chi connectivity index (χ0) is 29.9. The van der Waals surface area contributed by atoms with Crippen molar-refractivity contribution >= 4 is 5.97 Å². The van der Waals surface area contributed by atoms with Crippen LogP contribution in [0.25, 0.3) is 17.1 Å². The molecule has 0 amide bonds. The molecule has 2 aliphatic rings. The van der Waals surface area contributed by atoms with Gasteiger partial charge in [-0.2, -0.15) is 9.78 Å². The average Bonchev–Trinajstić information content (AvgIpc) is 3.46. The van der Waals surface area contributed by atoms with E-state index in [9.17, 15) is 9.90 Å². The smallest absolute Gasteiger partial charge is 0.342 e. The molecule has 2 aliphatic heterocycles. The molecule has 10 nitrogen and oxygen atoms in total. The number of rotatable bonds is 9. The van der Waals surface area contributed by atoms with Gasteiger partial charge in [0.2, 0.25) is 5.88 Å². The summed E-state index contributed by atoms with van der Waals surface area (Å²) in [5.74, 6) is 0.186. The zero-order valence-electron chi connectivity index (χ0n) is 24.7. The van der Waals surface area contributed by atoms with Crippen LogP contribution >= 0.6 is 0 Å². The highest BCUT2D eigenvalue weighted by Gasteiger charge is 2.24. The predicted octanol–water partition coefficient (Wildman–Crippen LogP) is 4.61. The van der Waals surface area contributed by atoms with E-state index < -0.39 is 5.97 Å². The number of hydrogen-bond acceptors (Lipinski definition) is 8. The number of benzene rings is 2. The first-order valence-corrected chi connectivity index (χ1v) is 14.5. The second kappa shape index (κ2) is 12.5. The van der Waals surface area contributed by atoms with Gasteiger partial charge in [0.25, 0.3) is 0 Å². The molecule has 0 saturated carbocycles. The molecule has 1 unspecified atom stereocenters. The summed E-state index contributed by atoms with van der Waals surface area (Å²) in [6.07, 6.45) is 2.39. The van der Waals surface area contributed by atoms with E-state index in [-0.39, 0.29) is 17.5 Å². The van der Waals surface area contributed by atoms with Crippen molar-refractivity contribution in [1.29, 1.82) is 0 Å². The van der Waals surface area contributed by atoms with Crippen LogP contribution in [0.2, 0.25) is 0 Å². The minimum absolute atomic E-state index is 0.0322. The number of carbonyl (C=O) groups is 1. The summed E-state index contributed by atoms with van der Waals surface area (Å²) in [7, 11) is 1.41. The van der Waals surface area contributed by atoms with Gasteiger partial charge in [0.1, 0.15) is 17.9 Å². The van der Waals surface area contributed by atoms with E-state index in [1.807, 2.05) is 37.3 Å². The fourth-order valence-corrected chi connectivity index (χ4v) is 5.91. The van der Waals surface area contributed by atoms with Crippen molar-refractivity contribution in [2.75, 3.05) is 40.0 Å². The molecule has 0 radical (unpaired) electrons. The zero-order valence-corrected chi connectivity index (χ0v) is 24.7. The first kappa shape index (κ1) is 28.9. The molecule has 0 aliphatic carbocycles. The molecule has 0 bridgehead atoms. The Labute approximate surface area is 250 Å². The van der Waals surface area contributed by atoms with E-state index >= 15 is 0 Å². The maximum absolute atomic E-state index is 11.6. The first-order chi connectivity index (χ1) is 20.9. The van der Waals surface area contributed by atoms with Crippen molar-refractivity contribution in [3.05, 3.63) is 88.1 Å². The van der Waals surface area contributed by atoms with E-state index in [2.05, 4.69) is 29.1 Å². The summed E-state index contributed by atoms with van der Waals surface area (Å²) in [5, 5.41) is 13.7. The van der Waals surface area contributed by atoms with E-state index in [1.54, 1.807) is 6.07 Å². The number of carboxylic acid groups (broad SMARTS) is 1. The number of fused-ring (bicyclic) bond motifs is 1. The van der Waals surface area contributed by atoms with E-state index in [4.69, 9.17) is 23.9 Å². The Kier molecular flexibility index (Phi) is 8.42. The molecule has 1 saturated heterocycles. The summed E-state index contributed by atoms with van der Waals surface area (Å²) in [6, 6.07) is 16.0. The van der Waals surface area contributed by atoms with Gasteiger partial charge >= 0.3 is 5.97 Å². The van der Waals surface area contributed by atoms with Crippen molar-refractivity contribution in [2.45, 2.75) is 39.5 Å². The van der Waals surface area contributed by atoms with Crippen molar-refractivity contribution < 1.29 is 28.8 Å². The van der Waals surface area contributed by atoms with Gasteiger partial charge in [-0.05, 0) is 66.3 Å². The molecule has 4 aromatic rings. The summed E-state index contributed by atoms with van der Waals surface area (Å²) in [5.41, 5.74) is 7.66. The van der Waals surface area contributed by atoms with Crippen molar-refractivity contribution in [2.24, 2.45) is 0 Å². The fraction of sp³-hybridized carbons (Fsp3) is 0.364. The number of methoxy groups -OCH3 is 1. The van der Waals surface area contributed by atoms with Gasteiger partial charge in [0.15, 0.2) is 5.82 Å². The van der Waals surface area contributed by atoms with Crippen LogP contribution < -0.4 is 9.47 Å². The summed E-state index contributed by atoms with van der Waals surface area (Å²) in [6.45, 7) is 9.46. The highest BCUT2D eigenvalue weighted by atomic mass is 16.6. The van der Waals surface area contributed by atoms with Crippen LogP contribution in [0.3, 0.4) is 0 Å². The Balaban J connectivity index is 1.21. The molecule has 10 heteroatoms. The highest BCUT2D eigenvalue weighted by Crippen LogP contribution is 2.34. The van der Waals surface area contributed by atoms with Crippen LogP contribution in [0, 0.1) is 13.8 Å². The molecule has 1 fully saturated rings. The summed E-state index contributed by atoms with van der Waals surface area (Å²) in [4.78, 5) is 18.9. The largest absolute Gasteiger partial charge is 0.488 e. The van der Waals surface area contributed by atoms with E-state index in [0.29, 0.717) is 37.9 Å². The van der Waals surface area contributed by atoms with E-state index in [0.717, 1.165) is 48.5 Å². The second-order valence-electron chi connectivity index (χ2n) is 11.0. The Hall–Kier alpha value is -4.25. The molecule has 0 spiro atoms. The minimum atomic E-state index is -1.12. The highest BCUT2D eigenvalue weighted by molar-refractivity contribution is 5.90. The number of pyridine rings is 1. The quantitative estimate of drug-likeness (QED) is 0.302. The standard InChI is InChI=1S/C33H36N4O6/c1-21-6-4-7-26(29-8-5-9-30(35-29)37-32(40-3)27(16-34-37)33(38)39)31(21)43-19-23-14-22(2)28-18-36(11-10-24(28)15-23)17-25-20-41-12-13-42-25/h4-9,14-16,25H,10-13,17-20H2,1-3H3,(H,38,39). The summed E-state index contributed by atoms with van der Waals surface area (Å²) < 4.78 is 24.7. The van der Waals surface area contributed by atoms with Crippen LogP contribution in [-0.4, -0.2) is 76.9 Å². The monoisotopic (exact) mass is 584 g/mol. The second-order valence-corrected chi connectivity index (χ2v) is 11.0. The number of para-hydroxylation sites is 1. The number of aromatic nitrogens is 3. The van der Waals surface area contributed by atoms with E-state index in [1.165, 1.54) is 34.7 Å². The number of ether oxygens (including phenoxy) is 4. The van der Waals surface area contributed by atoms with Gasteiger partial charge in [-0.3, -0.25) is 4.90 Å². The third kappa shape index (κ3) is 6.13. The van der Waals surface area contributed by atoms with Crippen LogP contribution in [0.4, 0.5) is 0 Å². The molecular weight excluding hydrogens is 548 g/mol. The minimum Gasteiger partial charge on any atom is -0.488 e. The lowest BCUT2D eigenvalue weighted by Crippen LogP contribution is -2.42. The lowest BCUT2D eigenvalue weighted by molar-refractivity contribution is -0.0985. The molecule has 2 aromatic heterocycles. The number of aromatic carboxylic acids is 1. The average molecular weight is 585 g/mol. The molecule has 4 heterocycles. The number of nitrogens with zero attached hydrogens (tertiary/aromatic N) is 4. The maximum Gasteiger partial charge on any atom is 0.342 e. The van der Waals surface area contributed by atoms with Gasteiger partial charge < -0.3 is 24.1 Å². The van der Waals surface area contributed by atoms with Crippen molar-refractivity contribution in [3.8, 4) is 28.7 Å².